The molecule has 0 radical (unpaired) electrons. The number of hydrogen-bond donors (Lipinski definition) is 1. The molecule has 0 aliphatic rings. The number of allylic oxidation sites excluding steroid dienone is 3. The van der Waals surface area contributed by atoms with Crippen LogP contribution in [0.3, 0.4) is 0 Å². The Balaban J connectivity index is 2.85. The minimum Gasteiger partial charge on any atom is -0.360 e. The zero-order valence-corrected chi connectivity index (χ0v) is 7.40. The van der Waals surface area contributed by atoms with Crippen LogP contribution in [0.25, 0.3) is 0 Å². The van der Waals surface area contributed by atoms with Crippen LogP contribution in [0, 0.1) is 0 Å². The van der Waals surface area contributed by atoms with Gasteiger partial charge in [-0.25, -0.2) is 0 Å². The van der Waals surface area contributed by atoms with Gasteiger partial charge in [-0.2, -0.15) is 0 Å². The first kappa shape index (κ1) is 9.26. The normalized spacial score (nSPS) is 11.8. The Bertz CT molecular complexity index is 329. The topological polar surface area (TPSA) is 28.1 Å². The van der Waals surface area contributed by atoms with Crippen molar-refractivity contribution in [3.8, 4) is 0 Å². The molecule has 0 bridgehead atoms. The van der Waals surface area contributed by atoms with Crippen molar-refractivity contribution in [1.82, 2.24) is 4.98 Å². The van der Waals surface area contributed by atoms with E-state index in [9.17, 15) is 0 Å². The lowest BCUT2D eigenvalue weighted by Gasteiger charge is -1.93. The van der Waals surface area contributed by atoms with Crippen molar-refractivity contribution >= 4 is 5.71 Å². The van der Waals surface area contributed by atoms with Crippen molar-refractivity contribution in [2.45, 2.75) is 0 Å². The van der Waals surface area contributed by atoms with E-state index in [0.29, 0.717) is 0 Å². The first-order valence-corrected chi connectivity index (χ1v) is 4.00. The monoisotopic (exact) mass is 172 g/mol. The van der Waals surface area contributed by atoms with Crippen LogP contribution in [-0.2, 0) is 0 Å². The van der Waals surface area contributed by atoms with Crippen molar-refractivity contribution in [3.63, 3.8) is 0 Å². The summed E-state index contributed by atoms with van der Waals surface area (Å²) in [5, 5.41) is 0. The van der Waals surface area contributed by atoms with Crippen LogP contribution in [0.5, 0.6) is 0 Å². The molecule has 0 atom stereocenters. The molecule has 0 aliphatic carbocycles. The lowest BCUT2D eigenvalue weighted by Crippen LogP contribution is -1.94. The summed E-state index contributed by atoms with van der Waals surface area (Å²) in [6.45, 7) is 7.24. The fourth-order valence-corrected chi connectivity index (χ4v) is 0.906. The van der Waals surface area contributed by atoms with Gasteiger partial charge in [0.25, 0.3) is 0 Å². The van der Waals surface area contributed by atoms with Gasteiger partial charge in [-0.3, -0.25) is 4.99 Å². The molecule has 2 heteroatoms. The molecular weight excluding hydrogens is 160 g/mol. The van der Waals surface area contributed by atoms with E-state index in [1.807, 2.05) is 18.3 Å². The highest BCUT2D eigenvalue weighted by Crippen LogP contribution is 1.99. The second-order valence-corrected chi connectivity index (χ2v) is 2.38. The molecular formula is C11H12N2. The number of hydrogen-bond acceptors (Lipinski definition) is 1. The van der Waals surface area contributed by atoms with Gasteiger partial charge >= 0.3 is 0 Å². The summed E-state index contributed by atoms with van der Waals surface area (Å²) < 4.78 is 0. The summed E-state index contributed by atoms with van der Waals surface area (Å²) in [4.78, 5) is 7.24. The van der Waals surface area contributed by atoms with E-state index in [1.54, 1.807) is 24.4 Å². The van der Waals surface area contributed by atoms with E-state index in [2.05, 4.69) is 23.1 Å². The molecule has 0 saturated carbocycles. The lowest BCUT2D eigenvalue weighted by molar-refractivity contribution is 1.36. The Hall–Kier alpha value is -1.83. The lowest BCUT2D eigenvalue weighted by atomic mass is 10.3. The van der Waals surface area contributed by atoms with Crippen LogP contribution in [0.15, 0.2) is 60.9 Å². The van der Waals surface area contributed by atoms with Gasteiger partial charge in [-0.1, -0.05) is 19.2 Å². The number of aromatic amines is 1. The highest BCUT2D eigenvalue weighted by atomic mass is 14.8. The molecule has 0 fully saturated rings. The van der Waals surface area contributed by atoms with Crippen molar-refractivity contribution < 1.29 is 0 Å². The fourth-order valence-electron chi connectivity index (χ4n) is 0.906. The third-order valence-electron chi connectivity index (χ3n) is 1.50. The van der Waals surface area contributed by atoms with Crippen molar-refractivity contribution in [2.75, 3.05) is 0 Å². The molecule has 0 spiro atoms. The highest BCUT2D eigenvalue weighted by Gasteiger charge is 1.96. The van der Waals surface area contributed by atoms with Gasteiger partial charge in [-0.15, -0.1) is 0 Å². The number of nitrogens with one attached hydrogen (secondary N) is 1. The van der Waals surface area contributed by atoms with Gasteiger partial charge in [0.2, 0.25) is 0 Å². The molecule has 1 rings (SSSR count). The van der Waals surface area contributed by atoms with Crippen LogP contribution in [0.4, 0.5) is 0 Å². The van der Waals surface area contributed by atoms with Gasteiger partial charge in [-0.05, 0) is 24.3 Å². The van der Waals surface area contributed by atoms with Crippen LogP contribution in [-0.4, -0.2) is 10.7 Å². The first-order valence-electron chi connectivity index (χ1n) is 4.00. The molecule has 0 amide bonds. The van der Waals surface area contributed by atoms with E-state index < -0.39 is 0 Å². The summed E-state index contributed by atoms with van der Waals surface area (Å²) >= 11 is 0. The summed E-state index contributed by atoms with van der Waals surface area (Å²) in [6.07, 6.45) is 8.70. The zero-order valence-electron chi connectivity index (χ0n) is 7.40. The molecule has 1 aromatic heterocycles. The molecule has 1 heterocycles. The maximum Gasteiger partial charge on any atom is 0.0858 e. The first-order chi connectivity index (χ1) is 6.38. The van der Waals surface area contributed by atoms with Crippen LogP contribution >= 0.6 is 0 Å². The predicted octanol–water partition coefficient (Wildman–Crippen LogP) is 2.69. The minimum atomic E-state index is 0.822. The molecule has 1 aromatic rings. The molecule has 13 heavy (non-hydrogen) atoms. The van der Waals surface area contributed by atoms with Gasteiger partial charge in [0.1, 0.15) is 0 Å². The number of rotatable bonds is 4. The smallest absolute Gasteiger partial charge is 0.0858 e. The van der Waals surface area contributed by atoms with E-state index in [-0.39, 0.29) is 0 Å². The third-order valence-corrected chi connectivity index (χ3v) is 1.50. The molecule has 0 aliphatic heterocycles. The van der Waals surface area contributed by atoms with E-state index in [1.165, 1.54) is 0 Å². The highest BCUT2D eigenvalue weighted by molar-refractivity contribution is 6.07. The SMILES string of the molecule is C=C/C=C\N=C(/C=C)c1ccc[nH]1. The van der Waals surface area contributed by atoms with Crippen LogP contribution in [0.2, 0.25) is 0 Å². The van der Waals surface area contributed by atoms with Crippen LogP contribution < -0.4 is 0 Å². The number of aliphatic imine (C=N–C) groups is 1. The zero-order chi connectivity index (χ0) is 9.52. The Morgan fingerprint density at radius 3 is 2.85 bits per heavy atom. The maximum absolute atomic E-state index is 4.19. The van der Waals surface area contributed by atoms with Gasteiger partial charge in [0, 0.05) is 12.4 Å². The Kier molecular flexibility index (Phi) is 3.51. The summed E-state index contributed by atoms with van der Waals surface area (Å²) in [5.41, 5.74) is 1.78. The molecule has 1 N–H and O–H groups in total. The van der Waals surface area contributed by atoms with E-state index in [0.717, 1.165) is 11.4 Å². The second kappa shape index (κ2) is 4.93. The quantitative estimate of drug-likeness (QED) is 0.534. The predicted molar refractivity (Wildman–Crippen MR) is 56.9 cm³/mol. The van der Waals surface area contributed by atoms with Crippen molar-refractivity contribution in [1.29, 1.82) is 0 Å². The van der Waals surface area contributed by atoms with Gasteiger partial charge < -0.3 is 4.98 Å². The average molecular weight is 172 g/mol. The molecule has 0 unspecified atom stereocenters. The molecule has 2 nitrogen and oxygen atoms in total. The third kappa shape index (κ3) is 2.60. The number of aromatic nitrogens is 1. The standard InChI is InChI=1S/C11H12N2/c1-3-5-8-12-10(4-2)11-7-6-9-13-11/h3-9,13H,1-2H2/b8-5-,12-10+. The molecule has 0 aromatic carbocycles. The summed E-state index contributed by atoms with van der Waals surface area (Å²) in [7, 11) is 0. The summed E-state index contributed by atoms with van der Waals surface area (Å²) in [6, 6.07) is 3.87. The Morgan fingerprint density at radius 2 is 2.31 bits per heavy atom. The summed E-state index contributed by atoms with van der Waals surface area (Å²) in [5.74, 6) is 0. The Labute approximate surface area is 78.0 Å². The average Bonchev–Trinajstić information content (AvgIpc) is 2.65. The maximum atomic E-state index is 4.19. The van der Waals surface area contributed by atoms with E-state index >= 15 is 0 Å². The fraction of sp³-hybridized carbons (Fsp3) is 0. The molecule has 66 valence electrons. The molecule has 0 saturated heterocycles. The van der Waals surface area contributed by atoms with Crippen molar-refractivity contribution in [2.24, 2.45) is 4.99 Å². The number of H-pyrrole nitrogens is 1. The van der Waals surface area contributed by atoms with Crippen LogP contribution in [0.1, 0.15) is 5.69 Å². The number of nitrogens with zero attached hydrogens (tertiary/aromatic N) is 1. The van der Waals surface area contributed by atoms with Gasteiger partial charge in [0.15, 0.2) is 0 Å². The van der Waals surface area contributed by atoms with Gasteiger partial charge in [0.05, 0.1) is 11.4 Å². The minimum absolute atomic E-state index is 0.822. The largest absolute Gasteiger partial charge is 0.360 e. The second-order valence-electron chi connectivity index (χ2n) is 2.38. The van der Waals surface area contributed by atoms with Crippen molar-refractivity contribution in [3.05, 3.63) is 61.6 Å². The van der Waals surface area contributed by atoms with E-state index in [4.69, 9.17) is 0 Å². The Morgan fingerprint density at radius 1 is 1.46 bits per heavy atom.